The van der Waals surface area contributed by atoms with Gasteiger partial charge in [-0.2, -0.15) is 5.26 Å². The van der Waals surface area contributed by atoms with E-state index in [0.29, 0.717) is 16.4 Å². The van der Waals surface area contributed by atoms with Crippen molar-refractivity contribution < 1.29 is 14.3 Å². The third kappa shape index (κ3) is 2.80. The highest BCUT2D eigenvalue weighted by Crippen LogP contribution is 2.35. The molecule has 0 aliphatic carbocycles. The summed E-state index contributed by atoms with van der Waals surface area (Å²) in [6.45, 7) is 1.36. The molecule has 7 heteroatoms. The maximum absolute atomic E-state index is 11.7. The SMILES string of the molecule is COC(=O)c1c(NCC2CCCO2)sc(C#N)c1N. The molecule has 102 valence electrons. The Morgan fingerprint density at radius 2 is 2.53 bits per heavy atom. The summed E-state index contributed by atoms with van der Waals surface area (Å²) in [6.07, 6.45) is 2.18. The minimum atomic E-state index is -0.537. The number of ether oxygens (including phenoxy) is 2. The molecule has 1 unspecified atom stereocenters. The first-order valence-electron chi connectivity index (χ1n) is 5.93. The molecule has 19 heavy (non-hydrogen) atoms. The summed E-state index contributed by atoms with van der Waals surface area (Å²) in [5.74, 6) is -0.537. The number of carbonyl (C=O) groups is 1. The number of carbonyl (C=O) groups excluding carboxylic acids is 1. The van der Waals surface area contributed by atoms with E-state index >= 15 is 0 Å². The van der Waals surface area contributed by atoms with E-state index < -0.39 is 5.97 Å². The van der Waals surface area contributed by atoms with Crippen LogP contribution in [0.4, 0.5) is 10.7 Å². The van der Waals surface area contributed by atoms with Crippen LogP contribution in [0.5, 0.6) is 0 Å². The number of anilines is 2. The number of methoxy groups -OCH3 is 1. The van der Waals surface area contributed by atoms with Crippen molar-refractivity contribution in [3.63, 3.8) is 0 Å². The van der Waals surface area contributed by atoms with Crippen LogP contribution in [-0.4, -0.2) is 32.3 Å². The number of nitrogens with zero attached hydrogens (tertiary/aromatic N) is 1. The van der Waals surface area contributed by atoms with E-state index in [2.05, 4.69) is 5.32 Å². The maximum atomic E-state index is 11.7. The second-order valence-electron chi connectivity index (χ2n) is 4.17. The molecule has 0 saturated carbocycles. The lowest BCUT2D eigenvalue weighted by Gasteiger charge is -2.11. The van der Waals surface area contributed by atoms with E-state index in [4.69, 9.17) is 20.5 Å². The van der Waals surface area contributed by atoms with Crippen LogP contribution in [0.1, 0.15) is 28.1 Å². The van der Waals surface area contributed by atoms with E-state index in [1.54, 1.807) is 0 Å². The average molecular weight is 281 g/mol. The highest BCUT2D eigenvalue weighted by molar-refractivity contribution is 7.17. The van der Waals surface area contributed by atoms with Gasteiger partial charge in [0, 0.05) is 13.2 Å². The van der Waals surface area contributed by atoms with Gasteiger partial charge >= 0.3 is 5.97 Å². The van der Waals surface area contributed by atoms with Crippen LogP contribution in [0.15, 0.2) is 0 Å². The normalized spacial score (nSPS) is 18.0. The highest BCUT2D eigenvalue weighted by atomic mass is 32.1. The van der Waals surface area contributed by atoms with E-state index in [-0.39, 0.29) is 17.4 Å². The Hall–Kier alpha value is -1.78. The lowest BCUT2D eigenvalue weighted by Crippen LogP contribution is -2.19. The van der Waals surface area contributed by atoms with Crippen LogP contribution in [0, 0.1) is 11.3 Å². The van der Waals surface area contributed by atoms with Gasteiger partial charge in [-0.15, -0.1) is 11.3 Å². The standard InChI is InChI=1S/C12H15N3O3S/c1-17-12(16)9-10(14)8(5-13)19-11(9)15-6-7-3-2-4-18-7/h7,15H,2-4,6,14H2,1H3. The fourth-order valence-electron chi connectivity index (χ4n) is 1.97. The van der Waals surface area contributed by atoms with Crippen LogP contribution >= 0.6 is 11.3 Å². The summed E-state index contributed by atoms with van der Waals surface area (Å²) in [6, 6.07) is 1.98. The molecule has 1 aliphatic rings. The van der Waals surface area contributed by atoms with Gasteiger partial charge in [-0.05, 0) is 12.8 Å². The lowest BCUT2D eigenvalue weighted by molar-refractivity contribution is 0.0603. The molecule has 0 spiro atoms. The molecule has 0 radical (unpaired) electrons. The van der Waals surface area contributed by atoms with Crippen LogP contribution in [0.3, 0.4) is 0 Å². The number of nitrogens with one attached hydrogen (secondary N) is 1. The lowest BCUT2D eigenvalue weighted by atomic mass is 10.2. The first-order chi connectivity index (χ1) is 9.17. The van der Waals surface area contributed by atoms with Crippen molar-refractivity contribution in [2.45, 2.75) is 18.9 Å². The third-order valence-electron chi connectivity index (χ3n) is 2.95. The molecular weight excluding hydrogens is 266 g/mol. The largest absolute Gasteiger partial charge is 0.465 e. The Balaban J connectivity index is 2.18. The van der Waals surface area contributed by atoms with Gasteiger partial charge in [-0.1, -0.05) is 0 Å². The van der Waals surface area contributed by atoms with Gasteiger partial charge in [-0.3, -0.25) is 0 Å². The Morgan fingerprint density at radius 1 is 1.74 bits per heavy atom. The fourth-order valence-corrected chi connectivity index (χ4v) is 2.88. The molecule has 1 fully saturated rings. The summed E-state index contributed by atoms with van der Waals surface area (Å²) >= 11 is 1.16. The molecule has 1 aromatic rings. The third-order valence-corrected chi connectivity index (χ3v) is 4.02. The van der Waals surface area contributed by atoms with Gasteiger partial charge in [0.1, 0.15) is 21.5 Å². The molecule has 1 aliphatic heterocycles. The monoisotopic (exact) mass is 281 g/mol. The zero-order chi connectivity index (χ0) is 13.8. The van der Waals surface area contributed by atoms with Crippen molar-refractivity contribution in [3.8, 4) is 6.07 Å². The number of hydrogen-bond donors (Lipinski definition) is 2. The Kier molecular flexibility index (Phi) is 4.24. The number of rotatable bonds is 4. The molecule has 3 N–H and O–H groups in total. The van der Waals surface area contributed by atoms with Crippen molar-refractivity contribution in [2.75, 3.05) is 31.3 Å². The predicted molar refractivity (Wildman–Crippen MR) is 72.2 cm³/mol. The quantitative estimate of drug-likeness (QED) is 0.813. The molecule has 1 saturated heterocycles. The van der Waals surface area contributed by atoms with Crippen LogP contribution < -0.4 is 11.1 Å². The topological polar surface area (TPSA) is 97.4 Å². The molecule has 0 aromatic carbocycles. The van der Waals surface area contributed by atoms with Crippen LogP contribution in [-0.2, 0) is 9.47 Å². The van der Waals surface area contributed by atoms with Gasteiger partial charge in [0.25, 0.3) is 0 Å². The number of nitrogens with two attached hydrogens (primary N) is 1. The van der Waals surface area contributed by atoms with Gasteiger partial charge in [0.2, 0.25) is 0 Å². The van der Waals surface area contributed by atoms with Gasteiger partial charge in [0.05, 0.1) is 18.9 Å². The molecule has 1 aromatic heterocycles. The van der Waals surface area contributed by atoms with Gasteiger partial charge in [0.15, 0.2) is 0 Å². The fraction of sp³-hybridized carbons (Fsp3) is 0.500. The van der Waals surface area contributed by atoms with Crippen LogP contribution in [0.2, 0.25) is 0 Å². The second kappa shape index (κ2) is 5.91. The maximum Gasteiger partial charge on any atom is 0.343 e. The molecular formula is C12H15N3O3S. The summed E-state index contributed by atoms with van der Waals surface area (Å²) in [5, 5.41) is 12.7. The first kappa shape index (κ1) is 13.6. The molecule has 0 bridgehead atoms. The average Bonchev–Trinajstić information content (AvgIpc) is 3.03. The van der Waals surface area contributed by atoms with Crippen LogP contribution in [0.25, 0.3) is 0 Å². The molecule has 0 amide bonds. The number of esters is 1. The highest BCUT2D eigenvalue weighted by Gasteiger charge is 2.24. The first-order valence-corrected chi connectivity index (χ1v) is 6.75. The Labute approximate surface area is 115 Å². The summed E-state index contributed by atoms with van der Waals surface area (Å²) in [4.78, 5) is 12.0. The second-order valence-corrected chi connectivity index (χ2v) is 5.19. The van der Waals surface area contributed by atoms with Crippen molar-refractivity contribution in [2.24, 2.45) is 0 Å². The predicted octanol–water partition coefficient (Wildman–Crippen LogP) is 1.58. The van der Waals surface area contributed by atoms with Gasteiger partial charge < -0.3 is 20.5 Å². The van der Waals surface area contributed by atoms with Gasteiger partial charge in [-0.25, -0.2) is 4.79 Å². The number of hydrogen-bond acceptors (Lipinski definition) is 7. The van der Waals surface area contributed by atoms with Crippen molar-refractivity contribution >= 4 is 28.0 Å². The van der Waals surface area contributed by atoms with E-state index in [9.17, 15) is 4.79 Å². The zero-order valence-electron chi connectivity index (χ0n) is 10.6. The Bertz CT molecular complexity index is 515. The molecule has 6 nitrogen and oxygen atoms in total. The molecule has 1 atom stereocenters. The van der Waals surface area contributed by atoms with Crippen molar-refractivity contribution in [3.05, 3.63) is 10.4 Å². The number of thiophene rings is 1. The van der Waals surface area contributed by atoms with Crippen molar-refractivity contribution in [1.82, 2.24) is 0 Å². The van der Waals surface area contributed by atoms with E-state index in [1.165, 1.54) is 7.11 Å². The van der Waals surface area contributed by atoms with E-state index in [0.717, 1.165) is 30.8 Å². The summed E-state index contributed by atoms with van der Waals surface area (Å²) in [7, 11) is 1.29. The number of nitriles is 1. The Morgan fingerprint density at radius 3 is 3.11 bits per heavy atom. The van der Waals surface area contributed by atoms with E-state index in [1.807, 2.05) is 6.07 Å². The summed E-state index contributed by atoms with van der Waals surface area (Å²) in [5.41, 5.74) is 6.20. The smallest absolute Gasteiger partial charge is 0.343 e. The number of nitrogen functional groups attached to an aromatic ring is 1. The molecule has 2 rings (SSSR count). The minimum Gasteiger partial charge on any atom is -0.465 e. The summed E-state index contributed by atoms with van der Waals surface area (Å²) < 4.78 is 10.2. The molecule has 2 heterocycles. The van der Waals surface area contributed by atoms with Crippen molar-refractivity contribution in [1.29, 1.82) is 5.26 Å². The zero-order valence-corrected chi connectivity index (χ0v) is 11.4. The minimum absolute atomic E-state index is 0.138.